The third-order valence-electron chi connectivity index (χ3n) is 6.02. The van der Waals surface area contributed by atoms with E-state index in [1.54, 1.807) is 0 Å². The van der Waals surface area contributed by atoms with Gasteiger partial charge in [-0.1, -0.05) is 42.0 Å². The summed E-state index contributed by atoms with van der Waals surface area (Å²) in [7, 11) is 1.46. The predicted molar refractivity (Wildman–Crippen MR) is 111 cm³/mol. The molecule has 4 heteroatoms. The van der Waals surface area contributed by atoms with Gasteiger partial charge in [-0.3, -0.25) is 4.79 Å². The number of carbonyl (C=O) groups is 1. The maximum atomic E-state index is 12.2. The van der Waals surface area contributed by atoms with Crippen LogP contribution in [0.1, 0.15) is 54.2 Å². The van der Waals surface area contributed by atoms with E-state index in [2.05, 4.69) is 72.3 Å². The molecule has 2 atom stereocenters. The first kappa shape index (κ1) is 18.8. The van der Waals surface area contributed by atoms with Crippen molar-refractivity contribution in [1.29, 1.82) is 0 Å². The van der Waals surface area contributed by atoms with Gasteiger partial charge in [-0.2, -0.15) is 0 Å². The van der Waals surface area contributed by atoms with Crippen molar-refractivity contribution in [2.24, 2.45) is 0 Å². The molecule has 0 saturated carbocycles. The molecular formula is C24H29N2O2+. The maximum absolute atomic E-state index is 12.2. The van der Waals surface area contributed by atoms with Crippen molar-refractivity contribution in [3.8, 4) is 0 Å². The summed E-state index contributed by atoms with van der Waals surface area (Å²) in [6.07, 6.45) is 3.38. The van der Waals surface area contributed by atoms with Crippen molar-refractivity contribution in [1.82, 2.24) is 4.57 Å². The van der Waals surface area contributed by atoms with Crippen molar-refractivity contribution in [2.75, 3.05) is 7.11 Å². The van der Waals surface area contributed by atoms with Crippen molar-refractivity contribution >= 4 is 16.9 Å². The predicted octanol–water partition coefficient (Wildman–Crippen LogP) is 3.82. The van der Waals surface area contributed by atoms with Gasteiger partial charge >= 0.3 is 5.97 Å². The quantitative estimate of drug-likeness (QED) is 0.687. The van der Waals surface area contributed by atoms with E-state index in [1.165, 1.54) is 41.3 Å². The summed E-state index contributed by atoms with van der Waals surface area (Å²) in [5, 5.41) is 3.76. The topological polar surface area (TPSA) is 47.8 Å². The highest BCUT2D eigenvalue weighted by Crippen LogP contribution is 2.36. The van der Waals surface area contributed by atoms with Gasteiger partial charge in [-0.15, -0.1) is 0 Å². The Balaban J connectivity index is 1.78. The third kappa shape index (κ3) is 3.45. The zero-order valence-electron chi connectivity index (χ0n) is 16.9. The molecule has 2 N–H and O–H groups in total. The highest BCUT2D eigenvalue weighted by Gasteiger charge is 2.32. The second kappa shape index (κ2) is 7.80. The van der Waals surface area contributed by atoms with Crippen LogP contribution in [0.25, 0.3) is 10.9 Å². The molecule has 0 spiro atoms. The van der Waals surface area contributed by atoms with E-state index >= 15 is 0 Å². The van der Waals surface area contributed by atoms with Crippen LogP contribution in [0.4, 0.5) is 0 Å². The number of hydrogen-bond acceptors (Lipinski definition) is 2. The fourth-order valence-electron chi connectivity index (χ4n) is 4.65. The average Bonchev–Trinajstić information content (AvgIpc) is 3.02. The molecule has 4 nitrogen and oxygen atoms in total. The van der Waals surface area contributed by atoms with Crippen molar-refractivity contribution < 1.29 is 14.8 Å². The van der Waals surface area contributed by atoms with Gasteiger partial charge in [0, 0.05) is 22.9 Å². The van der Waals surface area contributed by atoms with Crippen LogP contribution in [-0.4, -0.2) is 17.6 Å². The molecular weight excluding hydrogens is 348 g/mol. The van der Waals surface area contributed by atoms with Crippen LogP contribution in [0.15, 0.2) is 48.5 Å². The Morgan fingerprint density at radius 1 is 1.25 bits per heavy atom. The number of aryl methyl sites for hydroxylation is 2. The minimum atomic E-state index is -0.194. The van der Waals surface area contributed by atoms with Crippen molar-refractivity contribution in [2.45, 2.75) is 51.7 Å². The standard InChI is InChI=1S/C24H28N2O2/c1-16-12-13-22-20(14-16)19-10-7-11-21(24(19)26(22)15-23(27)28-3)25-17(2)18-8-5-4-6-9-18/h4-6,8-9,12-14,17,21,25H,7,10-11,15H2,1-3H3/p+1/t17-,21+/m1/s1. The normalized spacial score (nSPS) is 17.3. The molecule has 0 amide bonds. The first-order valence-electron chi connectivity index (χ1n) is 10.2. The number of nitrogens with two attached hydrogens (primary N) is 1. The number of carbonyl (C=O) groups excluding carboxylic acids is 1. The summed E-state index contributed by atoms with van der Waals surface area (Å²) in [6.45, 7) is 4.67. The number of esters is 1. The van der Waals surface area contributed by atoms with E-state index in [0.29, 0.717) is 12.1 Å². The van der Waals surface area contributed by atoms with Crippen LogP contribution >= 0.6 is 0 Å². The molecule has 1 aliphatic rings. The van der Waals surface area contributed by atoms with E-state index in [-0.39, 0.29) is 12.5 Å². The Morgan fingerprint density at radius 2 is 2.04 bits per heavy atom. The van der Waals surface area contributed by atoms with Gasteiger partial charge in [0.1, 0.15) is 18.6 Å². The Labute approximate surface area is 166 Å². The second-order valence-electron chi connectivity index (χ2n) is 7.94. The summed E-state index contributed by atoms with van der Waals surface area (Å²) in [6, 6.07) is 17.9. The summed E-state index contributed by atoms with van der Waals surface area (Å²) >= 11 is 0. The van der Waals surface area contributed by atoms with Crippen LogP contribution < -0.4 is 5.32 Å². The number of quaternary nitrogens is 1. The van der Waals surface area contributed by atoms with Crippen molar-refractivity contribution in [3.05, 3.63) is 70.9 Å². The smallest absolute Gasteiger partial charge is 0.325 e. The molecule has 4 rings (SSSR count). The molecule has 0 aliphatic heterocycles. The number of ether oxygens (including phenoxy) is 1. The molecule has 0 saturated heterocycles. The molecule has 1 heterocycles. The molecule has 1 aromatic heterocycles. The van der Waals surface area contributed by atoms with Gasteiger partial charge in [0.25, 0.3) is 0 Å². The molecule has 28 heavy (non-hydrogen) atoms. The van der Waals surface area contributed by atoms with Crippen LogP contribution in [0, 0.1) is 6.92 Å². The molecule has 0 fully saturated rings. The first-order chi connectivity index (χ1) is 13.6. The number of hydrogen-bond donors (Lipinski definition) is 1. The highest BCUT2D eigenvalue weighted by molar-refractivity contribution is 5.88. The van der Waals surface area contributed by atoms with Gasteiger partial charge in [0.2, 0.25) is 0 Å². The number of fused-ring (bicyclic) bond motifs is 3. The summed E-state index contributed by atoms with van der Waals surface area (Å²) in [5.41, 5.74) is 6.46. The van der Waals surface area contributed by atoms with Crippen LogP contribution in [-0.2, 0) is 22.5 Å². The zero-order valence-corrected chi connectivity index (χ0v) is 16.9. The van der Waals surface area contributed by atoms with Crippen LogP contribution in [0.2, 0.25) is 0 Å². The first-order valence-corrected chi connectivity index (χ1v) is 10.2. The van der Waals surface area contributed by atoms with Gasteiger partial charge in [-0.05, 0) is 44.4 Å². The lowest BCUT2D eigenvalue weighted by Crippen LogP contribution is -2.86. The van der Waals surface area contributed by atoms with Crippen molar-refractivity contribution in [3.63, 3.8) is 0 Å². The van der Waals surface area contributed by atoms with E-state index < -0.39 is 0 Å². The average molecular weight is 378 g/mol. The Morgan fingerprint density at radius 3 is 2.79 bits per heavy atom. The van der Waals surface area contributed by atoms with Crippen LogP contribution in [0.3, 0.4) is 0 Å². The molecule has 3 aromatic rings. The zero-order chi connectivity index (χ0) is 19.7. The minimum Gasteiger partial charge on any atom is -0.468 e. The summed E-state index contributed by atoms with van der Waals surface area (Å²) in [4.78, 5) is 12.2. The SMILES string of the molecule is COC(=O)Cn1c2c(c3cc(C)ccc31)CCC[C@@H]2[NH2+][C@H](C)c1ccccc1. The maximum Gasteiger partial charge on any atom is 0.325 e. The van der Waals surface area contributed by atoms with Gasteiger partial charge in [-0.25, -0.2) is 0 Å². The molecule has 0 radical (unpaired) electrons. The number of nitrogens with zero attached hydrogens (tertiary/aromatic N) is 1. The van der Waals surface area contributed by atoms with E-state index in [9.17, 15) is 4.79 Å². The minimum absolute atomic E-state index is 0.194. The van der Waals surface area contributed by atoms with E-state index in [4.69, 9.17) is 4.74 Å². The lowest BCUT2D eigenvalue weighted by molar-refractivity contribution is -0.733. The number of aromatic nitrogens is 1. The third-order valence-corrected chi connectivity index (χ3v) is 6.02. The van der Waals surface area contributed by atoms with Gasteiger partial charge < -0.3 is 14.6 Å². The lowest BCUT2D eigenvalue weighted by atomic mass is 9.90. The Bertz CT molecular complexity index is 991. The molecule has 0 bridgehead atoms. The highest BCUT2D eigenvalue weighted by atomic mass is 16.5. The monoisotopic (exact) mass is 377 g/mol. The lowest BCUT2D eigenvalue weighted by Gasteiger charge is -2.26. The number of benzene rings is 2. The summed E-state index contributed by atoms with van der Waals surface area (Å²) < 4.78 is 7.21. The molecule has 1 aliphatic carbocycles. The van der Waals surface area contributed by atoms with Gasteiger partial charge in [0.05, 0.1) is 12.8 Å². The van der Waals surface area contributed by atoms with Gasteiger partial charge in [0.15, 0.2) is 0 Å². The van der Waals surface area contributed by atoms with E-state index in [1.807, 2.05) is 0 Å². The van der Waals surface area contributed by atoms with E-state index in [0.717, 1.165) is 18.4 Å². The fraction of sp³-hybridized carbons (Fsp3) is 0.375. The Hall–Kier alpha value is -2.59. The molecule has 0 unspecified atom stereocenters. The fourth-order valence-corrected chi connectivity index (χ4v) is 4.65. The summed E-state index contributed by atoms with van der Waals surface area (Å²) in [5.74, 6) is -0.194. The number of rotatable bonds is 5. The van der Waals surface area contributed by atoms with Crippen LogP contribution in [0.5, 0.6) is 0 Å². The largest absolute Gasteiger partial charge is 0.468 e. The molecule has 146 valence electrons. The number of methoxy groups -OCH3 is 1. The Kier molecular flexibility index (Phi) is 5.23. The molecule has 2 aromatic carbocycles. The second-order valence-corrected chi connectivity index (χ2v) is 7.94.